The van der Waals surface area contributed by atoms with E-state index in [4.69, 9.17) is 19.1 Å². The molecular weight excluding hydrogens is 210 g/mol. The summed E-state index contributed by atoms with van der Waals surface area (Å²) in [7, 11) is 3.15. The lowest BCUT2D eigenvalue weighted by atomic mass is 10.1. The molecule has 1 aromatic heterocycles. The predicted octanol–water partition coefficient (Wildman–Crippen LogP) is 1.38. The molecule has 1 heterocycles. The Hall–Kier alpha value is -1.75. The molecule has 0 atom stereocenters. The summed E-state index contributed by atoms with van der Waals surface area (Å²) in [5.41, 5.74) is 1.29. The minimum absolute atomic E-state index is 0.0246. The normalized spacial score (nSPS) is 10.7. The second kappa shape index (κ2) is 4.40. The van der Waals surface area contributed by atoms with E-state index in [9.17, 15) is 0 Å². The van der Waals surface area contributed by atoms with E-state index in [2.05, 4.69) is 5.16 Å². The van der Waals surface area contributed by atoms with Crippen molar-refractivity contribution in [2.24, 2.45) is 0 Å². The summed E-state index contributed by atoms with van der Waals surface area (Å²) in [6.45, 7) is 0.0246. The van der Waals surface area contributed by atoms with E-state index in [1.54, 1.807) is 26.4 Å². The number of benzene rings is 1. The molecule has 0 bridgehead atoms. The highest BCUT2D eigenvalue weighted by Gasteiger charge is 2.14. The van der Waals surface area contributed by atoms with Crippen molar-refractivity contribution in [3.8, 4) is 11.5 Å². The van der Waals surface area contributed by atoms with Gasteiger partial charge in [0.25, 0.3) is 0 Å². The van der Waals surface area contributed by atoms with Gasteiger partial charge < -0.3 is 19.1 Å². The maximum atomic E-state index is 8.91. The number of hydrogen-bond acceptors (Lipinski definition) is 5. The Morgan fingerprint density at radius 3 is 2.75 bits per heavy atom. The number of hydrogen-bond donors (Lipinski definition) is 1. The van der Waals surface area contributed by atoms with Gasteiger partial charge in [0.15, 0.2) is 5.58 Å². The van der Waals surface area contributed by atoms with E-state index in [-0.39, 0.29) is 6.61 Å². The summed E-state index contributed by atoms with van der Waals surface area (Å²) in [6.07, 6.45) is 0.440. The molecule has 0 unspecified atom stereocenters. The summed E-state index contributed by atoms with van der Waals surface area (Å²) < 4.78 is 15.5. The number of rotatable bonds is 4. The Morgan fingerprint density at radius 2 is 2.12 bits per heavy atom. The number of aliphatic hydroxyl groups is 1. The van der Waals surface area contributed by atoms with Crippen LogP contribution in [0.15, 0.2) is 16.7 Å². The van der Waals surface area contributed by atoms with Crippen LogP contribution in [-0.4, -0.2) is 31.1 Å². The molecule has 1 N–H and O–H groups in total. The zero-order valence-corrected chi connectivity index (χ0v) is 9.19. The van der Waals surface area contributed by atoms with E-state index < -0.39 is 0 Å². The highest BCUT2D eigenvalue weighted by atomic mass is 16.5. The Labute approximate surface area is 92.6 Å². The van der Waals surface area contributed by atoms with Crippen LogP contribution >= 0.6 is 0 Å². The summed E-state index contributed by atoms with van der Waals surface area (Å²) in [4.78, 5) is 0. The summed E-state index contributed by atoms with van der Waals surface area (Å²) in [5.74, 6) is 1.29. The van der Waals surface area contributed by atoms with Crippen LogP contribution in [0.5, 0.6) is 11.5 Å². The lowest BCUT2D eigenvalue weighted by molar-refractivity contribution is 0.295. The molecule has 0 aliphatic carbocycles. The lowest BCUT2D eigenvalue weighted by Crippen LogP contribution is -1.93. The van der Waals surface area contributed by atoms with Gasteiger partial charge in [-0.25, -0.2) is 0 Å². The molecule has 5 nitrogen and oxygen atoms in total. The first-order valence-corrected chi connectivity index (χ1v) is 4.91. The molecule has 0 fully saturated rings. The summed E-state index contributed by atoms with van der Waals surface area (Å²) >= 11 is 0. The monoisotopic (exact) mass is 223 g/mol. The third kappa shape index (κ3) is 1.69. The topological polar surface area (TPSA) is 64.7 Å². The molecule has 0 amide bonds. The highest BCUT2D eigenvalue weighted by Crippen LogP contribution is 2.33. The molecule has 5 heteroatoms. The minimum atomic E-state index is 0.0246. The average Bonchev–Trinajstić information content (AvgIpc) is 2.72. The Kier molecular flexibility index (Phi) is 2.96. The van der Waals surface area contributed by atoms with Crippen LogP contribution in [0.25, 0.3) is 11.0 Å². The van der Waals surface area contributed by atoms with Crippen molar-refractivity contribution >= 4 is 11.0 Å². The van der Waals surface area contributed by atoms with Crippen molar-refractivity contribution in [3.63, 3.8) is 0 Å². The van der Waals surface area contributed by atoms with E-state index >= 15 is 0 Å². The fourth-order valence-electron chi connectivity index (χ4n) is 1.63. The molecule has 2 aromatic rings. The largest absolute Gasteiger partial charge is 0.496 e. The van der Waals surface area contributed by atoms with Crippen molar-refractivity contribution in [1.29, 1.82) is 0 Å². The van der Waals surface area contributed by atoms with Crippen LogP contribution < -0.4 is 9.47 Å². The van der Waals surface area contributed by atoms with Crippen LogP contribution in [0, 0.1) is 0 Å². The smallest absolute Gasteiger partial charge is 0.174 e. The van der Waals surface area contributed by atoms with Gasteiger partial charge in [-0.1, -0.05) is 5.16 Å². The van der Waals surface area contributed by atoms with Crippen LogP contribution in [0.2, 0.25) is 0 Å². The van der Waals surface area contributed by atoms with Crippen LogP contribution in [0.3, 0.4) is 0 Å². The van der Waals surface area contributed by atoms with E-state index in [1.807, 2.05) is 0 Å². The number of aromatic nitrogens is 1. The van der Waals surface area contributed by atoms with Crippen molar-refractivity contribution in [2.75, 3.05) is 20.8 Å². The number of methoxy groups -OCH3 is 2. The van der Waals surface area contributed by atoms with Crippen molar-refractivity contribution in [2.45, 2.75) is 6.42 Å². The van der Waals surface area contributed by atoms with Gasteiger partial charge in [-0.15, -0.1) is 0 Å². The van der Waals surface area contributed by atoms with Crippen LogP contribution in [-0.2, 0) is 6.42 Å². The molecule has 0 radical (unpaired) electrons. The number of nitrogens with zero attached hydrogens (tertiary/aromatic N) is 1. The summed E-state index contributed by atoms with van der Waals surface area (Å²) in [5, 5.41) is 13.6. The molecule has 0 spiro atoms. The first kappa shape index (κ1) is 10.8. The van der Waals surface area contributed by atoms with Gasteiger partial charge in [-0.3, -0.25) is 0 Å². The second-order valence-corrected chi connectivity index (χ2v) is 3.31. The van der Waals surface area contributed by atoms with Crippen molar-refractivity contribution in [1.82, 2.24) is 5.16 Å². The Bertz CT molecular complexity index is 492. The molecule has 0 saturated heterocycles. The van der Waals surface area contributed by atoms with Gasteiger partial charge in [0.05, 0.1) is 25.3 Å². The fourth-order valence-corrected chi connectivity index (χ4v) is 1.63. The van der Waals surface area contributed by atoms with Crippen molar-refractivity contribution in [3.05, 3.63) is 17.8 Å². The lowest BCUT2D eigenvalue weighted by Gasteiger charge is -2.05. The zero-order valence-electron chi connectivity index (χ0n) is 9.19. The summed E-state index contributed by atoms with van der Waals surface area (Å²) in [6, 6.07) is 3.51. The van der Waals surface area contributed by atoms with Gasteiger partial charge >= 0.3 is 0 Å². The van der Waals surface area contributed by atoms with E-state index in [0.717, 1.165) is 5.39 Å². The minimum Gasteiger partial charge on any atom is -0.496 e. The van der Waals surface area contributed by atoms with E-state index in [1.165, 1.54) is 0 Å². The van der Waals surface area contributed by atoms with Gasteiger partial charge in [0.1, 0.15) is 11.5 Å². The standard InChI is InChI=1S/C11H13NO4/c1-14-7-5-9(15-2)11-8(3-4-13)12-16-10(11)6-7/h5-6,13H,3-4H2,1-2H3. The first-order chi connectivity index (χ1) is 7.80. The van der Waals surface area contributed by atoms with Gasteiger partial charge in [-0.05, 0) is 0 Å². The van der Waals surface area contributed by atoms with Gasteiger partial charge in [-0.2, -0.15) is 0 Å². The maximum absolute atomic E-state index is 8.91. The Balaban J connectivity index is 2.62. The maximum Gasteiger partial charge on any atom is 0.174 e. The molecule has 86 valence electrons. The quantitative estimate of drug-likeness (QED) is 0.848. The van der Waals surface area contributed by atoms with Crippen LogP contribution in [0.1, 0.15) is 5.69 Å². The first-order valence-electron chi connectivity index (χ1n) is 4.91. The molecule has 0 aliphatic heterocycles. The number of fused-ring (bicyclic) bond motifs is 1. The van der Waals surface area contributed by atoms with Crippen molar-refractivity contribution < 1.29 is 19.1 Å². The van der Waals surface area contributed by atoms with Gasteiger partial charge in [0.2, 0.25) is 0 Å². The predicted molar refractivity (Wildman–Crippen MR) is 57.9 cm³/mol. The molecule has 2 rings (SSSR count). The third-order valence-electron chi connectivity index (χ3n) is 2.39. The van der Waals surface area contributed by atoms with Gasteiger partial charge in [0, 0.05) is 25.2 Å². The molecule has 16 heavy (non-hydrogen) atoms. The number of ether oxygens (including phenoxy) is 2. The number of aliphatic hydroxyl groups excluding tert-OH is 1. The second-order valence-electron chi connectivity index (χ2n) is 3.31. The van der Waals surface area contributed by atoms with Crippen LogP contribution in [0.4, 0.5) is 0 Å². The molecule has 0 aliphatic rings. The molecule has 1 aromatic carbocycles. The fraction of sp³-hybridized carbons (Fsp3) is 0.364. The zero-order chi connectivity index (χ0) is 11.5. The van der Waals surface area contributed by atoms with E-state index in [0.29, 0.717) is 29.2 Å². The molecule has 0 saturated carbocycles. The SMILES string of the molecule is COc1cc(OC)c2c(CCO)noc2c1. The Morgan fingerprint density at radius 1 is 1.31 bits per heavy atom. The third-order valence-corrected chi connectivity index (χ3v) is 2.39. The average molecular weight is 223 g/mol. The molecular formula is C11H13NO4. The highest BCUT2D eigenvalue weighted by molar-refractivity contribution is 5.87.